The zero-order chi connectivity index (χ0) is 11.8. The normalized spacial score (nSPS) is 18.8. The van der Waals surface area contributed by atoms with Gasteiger partial charge >= 0.3 is 0 Å². The lowest BCUT2D eigenvalue weighted by atomic mass is 9.91. The van der Waals surface area contributed by atoms with Crippen molar-refractivity contribution in [2.24, 2.45) is 5.92 Å². The molecule has 1 aliphatic rings. The Morgan fingerprint density at radius 2 is 1.94 bits per heavy atom. The van der Waals surface area contributed by atoms with Gasteiger partial charge in [0.1, 0.15) is 12.2 Å². The van der Waals surface area contributed by atoms with Crippen molar-refractivity contribution in [2.45, 2.75) is 51.4 Å². The molecule has 1 heterocycles. The summed E-state index contributed by atoms with van der Waals surface area (Å²) < 4.78 is 0. The van der Waals surface area contributed by atoms with Crippen molar-refractivity contribution in [1.82, 2.24) is 20.5 Å². The molecular formula is C13H24N4. The number of nitrogens with zero attached hydrogens (tertiary/aromatic N) is 2. The van der Waals surface area contributed by atoms with E-state index >= 15 is 0 Å². The molecule has 2 rings (SSSR count). The average Bonchev–Trinajstić information content (AvgIpc) is 2.79. The van der Waals surface area contributed by atoms with E-state index in [0.29, 0.717) is 0 Å². The van der Waals surface area contributed by atoms with Crippen LogP contribution >= 0.6 is 0 Å². The summed E-state index contributed by atoms with van der Waals surface area (Å²) in [4.78, 5) is 4.12. The molecule has 0 amide bonds. The number of H-pyrrole nitrogens is 1. The van der Waals surface area contributed by atoms with Crippen LogP contribution < -0.4 is 5.32 Å². The molecule has 1 aromatic heterocycles. The summed E-state index contributed by atoms with van der Waals surface area (Å²) in [5, 5.41) is 10.3. The first kappa shape index (κ1) is 12.6. The molecule has 0 radical (unpaired) electrons. The summed E-state index contributed by atoms with van der Waals surface area (Å²) in [5.74, 6) is 1.88. The van der Waals surface area contributed by atoms with Gasteiger partial charge in [-0.15, -0.1) is 0 Å². The van der Waals surface area contributed by atoms with Gasteiger partial charge in [-0.3, -0.25) is 5.10 Å². The molecule has 1 saturated carbocycles. The maximum absolute atomic E-state index is 4.12. The minimum atomic E-state index is 0.894. The molecule has 0 atom stereocenters. The van der Waals surface area contributed by atoms with Gasteiger partial charge in [0.15, 0.2) is 0 Å². The van der Waals surface area contributed by atoms with Crippen LogP contribution in [0.5, 0.6) is 0 Å². The molecule has 4 nitrogen and oxygen atoms in total. The minimum absolute atomic E-state index is 0.894. The summed E-state index contributed by atoms with van der Waals surface area (Å²) >= 11 is 0. The highest BCUT2D eigenvalue weighted by Gasteiger charge is 2.10. The number of hydrogen-bond donors (Lipinski definition) is 2. The van der Waals surface area contributed by atoms with Crippen LogP contribution in [0.25, 0.3) is 0 Å². The Bertz CT molecular complexity index is 276. The molecule has 96 valence electrons. The standard InChI is InChI=1S/C13H24N4/c1-2-4-6-12(7-5-3-1)10-14-9-8-13-15-11-16-17-13/h11-12,14H,1-10H2,(H,15,16,17). The molecule has 4 heteroatoms. The van der Waals surface area contributed by atoms with Crippen molar-refractivity contribution in [3.63, 3.8) is 0 Å². The van der Waals surface area contributed by atoms with Crippen molar-refractivity contribution in [3.05, 3.63) is 12.2 Å². The Morgan fingerprint density at radius 1 is 1.18 bits per heavy atom. The van der Waals surface area contributed by atoms with Crippen LogP contribution in [0, 0.1) is 5.92 Å². The average molecular weight is 236 g/mol. The summed E-state index contributed by atoms with van der Waals surface area (Å²) in [6.45, 7) is 2.18. The summed E-state index contributed by atoms with van der Waals surface area (Å²) in [5.41, 5.74) is 0. The van der Waals surface area contributed by atoms with Gasteiger partial charge in [-0.1, -0.05) is 32.1 Å². The molecule has 0 unspecified atom stereocenters. The van der Waals surface area contributed by atoms with E-state index in [4.69, 9.17) is 0 Å². The Labute approximate surface area is 104 Å². The number of aromatic amines is 1. The van der Waals surface area contributed by atoms with Crippen molar-refractivity contribution in [2.75, 3.05) is 13.1 Å². The zero-order valence-corrected chi connectivity index (χ0v) is 10.6. The van der Waals surface area contributed by atoms with E-state index in [0.717, 1.165) is 24.7 Å². The quantitative estimate of drug-likeness (QED) is 0.771. The number of nitrogens with one attached hydrogen (secondary N) is 2. The second-order valence-electron chi connectivity index (χ2n) is 5.10. The van der Waals surface area contributed by atoms with Crippen molar-refractivity contribution in [1.29, 1.82) is 0 Å². The fraction of sp³-hybridized carbons (Fsp3) is 0.846. The number of hydrogen-bond acceptors (Lipinski definition) is 3. The first-order valence-electron chi connectivity index (χ1n) is 7.00. The van der Waals surface area contributed by atoms with Gasteiger partial charge in [0.05, 0.1) is 0 Å². The molecule has 1 aliphatic carbocycles. The Balaban J connectivity index is 1.57. The van der Waals surface area contributed by atoms with Gasteiger partial charge < -0.3 is 5.32 Å². The first-order valence-corrected chi connectivity index (χ1v) is 7.00. The number of rotatable bonds is 5. The van der Waals surface area contributed by atoms with E-state index in [1.807, 2.05) is 0 Å². The van der Waals surface area contributed by atoms with Crippen LogP contribution in [0.1, 0.15) is 50.8 Å². The highest BCUT2D eigenvalue weighted by atomic mass is 15.2. The van der Waals surface area contributed by atoms with Crippen LogP contribution in [0.15, 0.2) is 6.33 Å². The Hall–Kier alpha value is -0.900. The summed E-state index contributed by atoms with van der Waals surface area (Å²) in [6, 6.07) is 0. The predicted octanol–water partition coefficient (Wildman–Crippen LogP) is 2.30. The Morgan fingerprint density at radius 3 is 2.65 bits per heavy atom. The van der Waals surface area contributed by atoms with Crippen LogP contribution in [0.4, 0.5) is 0 Å². The van der Waals surface area contributed by atoms with Crippen molar-refractivity contribution >= 4 is 0 Å². The molecule has 0 bridgehead atoms. The third-order valence-corrected chi connectivity index (χ3v) is 3.66. The van der Waals surface area contributed by atoms with Gasteiger partial charge in [0, 0.05) is 13.0 Å². The van der Waals surface area contributed by atoms with E-state index in [-0.39, 0.29) is 0 Å². The third-order valence-electron chi connectivity index (χ3n) is 3.66. The molecule has 0 aliphatic heterocycles. The fourth-order valence-electron chi connectivity index (χ4n) is 2.61. The van der Waals surface area contributed by atoms with Crippen LogP contribution in [0.3, 0.4) is 0 Å². The molecular weight excluding hydrogens is 212 g/mol. The van der Waals surface area contributed by atoms with Crippen molar-refractivity contribution in [3.8, 4) is 0 Å². The van der Waals surface area contributed by atoms with Crippen LogP contribution in [0.2, 0.25) is 0 Å². The minimum Gasteiger partial charge on any atom is -0.316 e. The van der Waals surface area contributed by atoms with E-state index in [2.05, 4.69) is 20.5 Å². The molecule has 17 heavy (non-hydrogen) atoms. The van der Waals surface area contributed by atoms with Gasteiger partial charge in [-0.05, 0) is 25.3 Å². The highest BCUT2D eigenvalue weighted by molar-refractivity contribution is 4.80. The van der Waals surface area contributed by atoms with Crippen LogP contribution in [-0.4, -0.2) is 28.3 Å². The zero-order valence-electron chi connectivity index (χ0n) is 10.6. The van der Waals surface area contributed by atoms with E-state index in [1.165, 1.54) is 51.5 Å². The Kier molecular flexibility index (Phi) is 5.49. The second kappa shape index (κ2) is 7.43. The SMILES string of the molecule is c1n[nH]c(CCNCC2CCCCCCC2)n1. The lowest BCUT2D eigenvalue weighted by Crippen LogP contribution is -2.25. The lowest BCUT2D eigenvalue weighted by Gasteiger charge is -2.19. The molecule has 0 aromatic carbocycles. The molecule has 0 saturated heterocycles. The monoisotopic (exact) mass is 236 g/mol. The maximum Gasteiger partial charge on any atom is 0.137 e. The second-order valence-corrected chi connectivity index (χ2v) is 5.10. The topological polar surface area (TPSA) is 53.6 Å². The molecule has 2 N–H and O–H groups in total. The molecule has 1 aromatic rings. The van der Waals surface area contributed by atoms with Gasteiger partial charge in [-0.2, -0.15) is 5.10 Å². The van der Waals surface area contributed by atoms with E-state index in [9.17, 15) is 0 Å². The maximum atomic E-state index is 4.12. The smallest absolute Gasteiger partial charge is 0.137 e. The van der Waals surface area contributed by atoms with E-state index in [1.54, 1.807) is 6.33 Å². The van der Waals surface area contributed by atoms with E-state index < -0.39 is 0 Å². The highest BCUT2D eigenvalue weighted by Crippen LogP contribution is 2.21. The van der Waals surface area contributed by atoms with Gasteiger partial charge in [0.25, 0.3) is 0 Å². The van der Waals surface area contributed by atoms with Gasteiger partial charge in [0.2, 0.25) is 0 Å². The lowest BCUT2D eigenvalue weighted by molar-refractivity contribution is 0.362. The summed E-state index contributed by atoms with van der Waals surface area (Å²) in [6.07, 6.45) is 12.5. The summed E-state index contributed by atoms with van der Waals surface area (Å²) in [7, 11) is 0. The van der Waals surface area contributed by atoms with Crippen molar-refractivity contribution < 1.29 is 0 Å². The number of aromatic nitrogens is 3. The largest absolute Gasteiger partial charge is 0.316 e. The predicted molar refractivity (Wildman–Crippen MR) is 68.8 cm³/mol. The fourth-order valence-corrected chi connectivity index (χ4v) is 2.61. The van der Waals surface area contributed by atoms with Crippen LogP contribution in [-0.2, 0) is 6.42 Å². The first-order chi connectivity index (χ1) is 8.45. The van der Waals surface area contributed by atoms with Gasteiger partial charge in [-0.25, -0.2) is 4.98 Å². The third kappa shape index (κ3) is 4.86. The molecule has 0 spiro atoms. The molecule has 1 fully saturated rings.